The van der Waals surface area contributed by atoms with E-state index in [1.807, 2.05) is 18.2 Å². The maximum absolute atomic E-state index is 11.0. The van der Waals surface area contributed by atoms with Gasteiger partial charge in [0.05, 0.1) is 0 Å². The number of pyridine rings is 2. The number of hydrogen-bond donors (Lipinski definition) is 1. The Morgan fingerprint density at radius 1 is 0.906 bits per heavy atom. The summed E-state index contributed by atoms with van der Waals surface area (Å²) in [5, 5.41) is 8.98. The number of rotatable bonds is 6. The highest BCUT2D eigenvalue weighted by Gasteiger charge is 2.20. The van der Waals surface area contributed by atoms with E-state index in [0.717, 1.165) is 44.1 Å². The predicted molar refractivity (Wildman–Crippen MR) is 123 cm³/mol. The Bertz CT molecular complexity index is 845. The summed E-state index contributed by atoms with van der Waals surface area (Å²) in [7, 11) is 1.39. The SMILES string of the molecule is COC(C(=O)O)c1ccc(N2CCCCC2)nc1.O=Cc1ccc(N2CCCCC2)nc1. The number of aliphatic carboxylic acids is 1. The van der Waals surface area contributed by atoms with E-state index in [0.29, 0.717) is 11.1 Å². The lowest BCUT2D eigenvalue weighted by molar-refractivity contribution is -0.148. The van der Waals surface area contributed by atoms with Crippen LogP contribution in [0.1, 0.15) is 60.6 Å². The Hall–Kier alpha value is -3.00. The minimum Gasteiger partial charge on any atom is -0.479 e. The number of anilines is 2. The molecule has 172 valence electrons. The predicted octanol–water partition coefficient (Wildman–Crippen LogP) is 3.73. The molecule has 8 nitrogen and oxygen atoms in total. The van der Waals surface area contributed by atoms with Crippen molar-refractivity contribution in [3.63, 3.8) is 0 Å². The van der Waals surface area contributed by atoms with Crippen LogP contribution < -0.4 is 9.80 Å². The Kier molecular flexibility index (Phi) is 8.98. The van der Waals surface area contributed by atoms with Crippen molar-refractivity contribution in [2.75, 3.05) is 43.1 Å². The minimum absolute atomic E-state index is 0.575. The third kappa shape index (κ3) is 6.50. The molecule has 2 aromatic heterocycles. The third-order valence-corrected chi connectivity index (χ3v) is 5.80. The molecule has 2 saturated heterocycles. The number of carbonyl (C=O) groups is 2. The lowest BCUT2D eigenvalue weighted by atomic mass is 10.1. The van der Waals surface area contributed by atoms with Crippen LogP contribution in [0, 0.1) is 0 Å². The lowest BCUT2D eigenvalue weighted by Gasteiger charge is -2.27. The van der Waals surface area contributed by atoms with Crippen molar-refractivity contribution in [1.29, 1.82) is 0 Å². The first-order valence-electron chi connectivity index (χ1n) is 11.2. The van der Waals surface area contributed by atoms with Crippen LogP contribution in [0.25, 0.3) is 0 Å². The zero-order chi connectivity index (χ0) is 22.8. The Morgan fingerprint density at radius 2 is 1.44 bits per heavy atom. The molecule has 4 rings (SSSR count). The zero-order valence-electron chi connectivity index (χ0n) is 18.7. The van der Waals surface area contributed by atoms with E-state index in [2.05, 4.69) is 19.8 Å². The van der Waals surface area contributed by atoms with Crippen LogP contribution in [0.5, 0.6) is 0 Å². The van der Waals surface area contributed by atoms with Crippen LogP contribution in [-0.4, -0.2) is 60.6 Å². The van der Waals surface area contributed by atoms with Gasteiger partial charge in [-0.3, -0.25) is 4.79 Å². The third-order valence-electron chi connectivity index (χ3n) is 5.80. The second kappa shape index (κ2) is 12.1. The van der Waals surface area contributed by atoms with Gasteiger partial charge >= 0.3 is 5.97 Å². The van der Waals surface area contributed by atoms with E-state index < -0.39 is 12.1 Å². The fourth-order valence-corrected chi connectivity index (χ4v) is 4.02. The number of piperidine rings is 2. The number of aldehydes is 1. The summed E-state index contributed by atoms with van der Waals surface area (Å²) in [5.41, 5.74) is 1.22. The summed E-state index contributed by atoms with van der Waals surface area (Å²) in [5.74, 6) is 0.916. The monoisotopic (exact) mass is 440 g/mol. The molecule has 0 aliphatic carbocycles. The molecule has 2 aliphatic rings. The number of methoxy groups -OCH3 is 1. The normalized spacial score (nSPS) is 17.2. The van der Waals surface area contributed by atoms with Gasteiger partial charge in [0.15, 0.2) is 12.4 Å². The van der Waals surface area contributed by atoms with E-state index in [-0.39, 0.29) is 0 Å². The second-order valence-corrected chi connectivity index (χ2v) is 8.07. The highest BCUT2D eigenvalue weighted by Crippen LogP contribution is 2.21. The van der Waals surface area contributed by atoms with Crippen LogP contribution in [-0.2, 0) is 9.53 Å². The highest BCUT2D eigenvalue weighted by atomic mass is 16.5. The van der Waals surface area contributed by atoms with Crippen LogP contribution >= 0.6 is 0 Å². The molecule has 0 amide bonds. The molecule has 0 aromatic carbocycles. The number of carbonyl (C=O) groups excluding carboxylic acids is 1. The summed E-state index contributed by atoms with van der Waals surface area (Å²) in [6, 6.07) is 7.40. The van der Waals surface area contributed by atoms with Crippen molar-refractivity contribution < 1.29 is 19.4 Å². The lowest BCUT2D eigenvalue weighted by Crippen LogP contribution is -2.30. The Balaban J connectivity index is 0.000000186. The number of hydrogen-bond acceptors (Lipinski definition) is 7. The minimum atomic E-state index is -0.995. The second-order valence-electron chi connectivity index (χ2n) is 8.07. The highest BCUT2D eigenvalue weighted by molar-refractivity contribution is 5.74. The molecule has 2 aromatic rings. The molecule has 32 heavy (non-hydrogen) atoms. The maximum atomic E-state index is 11.0. The number of aromatic nitrogens is 2. The molecule has 0 bridgehead atoms. The Labute approximate surface area is 189 Å². The van der Waals surface area contributed by atoms with E-state index in [1.165, 1.54) is 45.6 Å². The maximum Gasteiger partial charge on any atom is 0.337 e. The van der Waals surface area contributed by atoms with Gasteiger partial charge in [-0.2, -0.15) is 0 Å². The molecule has 4 heterocycles. The summed E-state index contributed by atoms with van der Waals surface area (Å²) in [6.07, 6.45) is 10.6. The molecule has 0 saturated carbocycles. The molecule has 1 unspecified atom stereocenters. The average Bonchev–Trinajstić information content (AvgIpc) is 2.86. The number of nitrogens with zero attached hydrogens (tertiary/aromatic N) is 4. The van der Waals surface area contributed by atoms with Gasteiger partial charge in [-0.15, -0.1) is 0 Å². The molecule has 0 spiro atoms. The zero-order valence-corrected chi connectivity index (χ0v) is 18.7. The summed E-state index contributed by atoms with van der Waals surface area (Å²) < 4.78 is 4.93. The van der Waals surface area contributed by atoms with Gasteiger partial charge in [0, 0.05) is 56.8 Å². The van der Waals surface area contributed by atoms with Crippen molar-refractivity contribution in [2.45, 2.75) is 44.6 Å². The van der Waals surface area contributed by atoms with E-state index >= 15 is 0 Å². The van der Waals surface area contributed by atoms with E-state index in [4.69, 9.17) is 9.84 Å². The van der Waals surface area contributed by atoms with Crippen molar-refractivity contribution in [2.24, 2.45) is 0 Å². The van der Waals surface area contributed by atoms with Gasteiger partial charge in [0.2, 0.25) is 0 Å². The van der Waals surface area contributed by atoms with Gasteiger partial charge in [-0.1, -0.05) is 6.07 Å². The van der Waals surface area contributed by atoms with Gasteiger partial charge in [0.25, 0.3) is 0 Å². The summed E-state index contributed by atoms with van der Waals surface area (Å²) >= 11 is 0. The van der Waals surface area contributed by atoms with Crippen LogP contribution in [0.15, 0.2) is 36.7 Å². The quantitative estimate of drug-likeness (QED) is 0.679. The molecular weight excluding hydrogens is 408 g/mol. The van der Waals surface area contributed by atoms with Gasteiger partial charge in [0.1, 0.15) is 11.6 Å². The molecule has 0 radical (unpaired) electrons. The standard InChI is InChI=1S/C13H18N2O3.C11H14N2O/c1-18-12(13(16)17)10-5-6-11(14-9-10)15-7-3-2-4-8-15;14-9-10-4-5-11(12-8-10)13-6-2-1-3-7-13/h5-6,9,12H,2-4,7-8H2,1H3,(H,16,17);4-5,8-9H,1-3,6-7H2. The molecule has 2 fully saturated rings. The largest absolute Gasteiger partial charge is 0.479 e. The van der Waals surface area contributed by atoms with E-state index in [1.54, 1.807) is 18.5 Å². The first kappa shape index (κ1) is 23.7. The fourth-order valence-electron chi connectivity index (χ4n) is 4.02. The molecular formula is C24H32N4O4. The molecule has 1 N–H and O–H groups in total. The van der Waals surface area contributed by atoms with Crippen LogP contribution in [0.4, 0.5) is 11.6 Å². The van der Waals surface area contributed by atoms with Gasteiger partial charge in [-0.25, -0.2) is 14.8 Å². The van der Waals surface area contributed by atoms with Crippen molar-refractivity contribution >= 4 is 23.9 Å². The van der Waals surface area contributed by atoms with Gasteiger partial charge < -0.3 is 19.6 Å². The van der Waals surface area contributed by atoms with Crippen molar-refractivity contribution in [3.8, 4) is 0 Å². The number of ether oxygens (including phenoxy) is 1. The molecule has 2 aliphatic heterocycles. The number of carboxylic acid groups (broad SMARTS) is 1. The first-order chi connectivity index (χ1) is 15.6. The van der Waals surface area contributed by atoms with Gasteiger partial charge in [-0.05, 0) is 56.7 Å². The van der Waals surface area contributed by atoms with Crippen molar-refractivity contribution in [1.82, 2.24) is 9.97 Å². The smallest absolute Gasteiger partial charge is 0.337 e. The average molecular weight is 441 g/mol. The summed E-state index contributed by atoms with van der Waals surface area (Å²) in [4.78, 5) is 34.5. The van der Waals surface area contributed by atoms with Crippen LogP contribution in [0.3, 0.4) is 0 Å². The fraction of sp³-hybridized carbons (Fsp3) is 0.500. The number of carboxylic acids is 1. The summed E-state index contributed by atoms with van der Waals surface area (Å²) in [6.45, 7) is 4.23. The Morgan fingerprint density at radius 3 is 1.81 bits per heavy atom. The first-order valence-corrected chi connectivity index (χ1v) is 11.2. The molecule has 8 heteroatoms. The topological polar surface area (TPSA) is 95.9 Å². The van der Waals surface area contributed by atoms with E-state index in [9.17, 15) is 9.59 Å². The van der Waals surface area contributed by atoms with Crippen LogP contribution in [0.2, 0.25) is 0 Å². The molecule has 1 atom stereocenters. The van der Waals surface area contributed by atoms with Crippen molar-refractivity contribution in [3.05, 3.63) is 47.8 Å².